The molecule has 5 heteroatoms. The molecule has 3 aromatic rings. The quantitative estimate of drug-likeness (QED) is 0.609. The molecule has 2 N–H and O–H groups in total. The minimum Gasteiger partial charge on any atom is -0.489 e. The van der Waals surface area contributed by atoms with E-state index in [1.165, 1.54) is 12.1 Å². The first-order valence-corrected chi connectivity index (χ1v) is 8.66. The highest BCUT2D eigenvalue weighted by Crippen LogP contribution is 2.14. The lowest BCUT2D eigenvalue weighted by Gasteiger charge is -2.11. The molecule has 0 saturated heterocycles. The molecule has 0 aromatic heterocycles. The standard InChI is InChI=1S/C21H19FN2OS/c22-18-10-6-17(7-11-18)15-25-20-12-8-16(9-13-20)14-23-21(26)24-19-4-2-1-3-5-19/h1-13H,14-15H2,(H2,23,24,26). The zero-order valence-electron chi connectivity index (χ0n) is 14.1. The van der Waals surface area contributed by atoms with Crippen molar-refractivity contribution in [1.29, 1.82) is 0 Å². The van der Waals surface area contributed by atoms with Crippen molar-refractivity contribution in [3.8, 4) is 5.75 Å². The van der Waals surface area contributed by atoms with Crippen molar-refractivity contribution in [2.75, 3.05) is 5.32 Å². The van der Waals surface area contributed by atoms with Crippen molar-refractivity contribution in [1.82, 2.24) is 5.32 Å². The van der Waals surface area contributed by atoms with Crippen LogP contribution in [0.5, 0.6) is 5.75 Å². The molecule has 3 nitrogen and oxygen atoms in total. The largest absolute Gasteiger partial charge is 0.489 e. The number of halogens is 1. The fraction of sp³-hybridized carbons (Fsp3) is 0.0952. The van der Waals surface area contributed by atoms with E-state index in [0.717, 1.165) is 22.6 Å². The van der Waals surface area contributed by atoms with E-state index in [-0.39, 0.29) is 5.82 Å². The number of benzene rings is 3. The molecule has 0 amide bonds. The number of nitrogens with one attached hydrogen (secondary N) is 2. The lowest BCUT2D eigenvalue weighted by molar-refractivity contribution is 0.306. The number of hydrogen-bond acceptors (Lipinski definition) is 2. The lowest BCUT2D eigenvalue weighted by atomic mass is 10.2. The predicted molar refractivity (Wildman–Crippen MR) is 107 cm³/mol. The minimum absolute atomic E-state index is 0.245. The fourth-order valence-electron chi connectivity index (χ4n) is 2.33. The predicted octanol–water partition coefficient (Wildman–Crippen LogP) is 4.89. The maximum atomic E-state index is 12.9. The van der Waals surface area contributed by atoms with Gasteiger partial charge in [0.2, 0.25) is 0 Å². The molecule has 0 spiro atoms. The Morgan fingerprint density at radius 1 is 0.846 bits per heavy atom. The van der Waals surface area contributed by atoms with Crippen LogP contribution < -0.4 is 15.4 Å². The van der Waals surface area contributed by atoms with E-state index in [1.807, 2.05) is 54.6 Å². The van der Waals surface area contributed by atoms with Crippen LogP contribution in [0.2, 0.25) is 0 Å². The number of rotatable bonds is 6. The third-order valence-corrected chi connectivity index (χ3v) is 3.97. The lowest BCUT2D eigenvalue weighted by Crippen LogP contribution is -2.27. The Kier molecular flexibility index (Phi) is 6.17. The van der Waals surface area contributed by atoms with Crippen molar-refractivity contribution in [2.24, 2.45) is 0 Å². The van der Waals surface area contributed by atoms with Crippen molar-refractivity contribution in [3.63, 3.8) is 0 Å². The van der Waals surface area contributed by atoms with Crippen LogP contribution in [-0.4, -0.2) is 5.11 Å². The van der Waals surface area contributed by atoms with E-state index in [1.54, 1.807) is 12.1 Å². The smallest absolute Gasteiger partial charge is 0.171 e. The van der Waals surface area contributed by atoms with Gasteiger partial charge in [0.15, 0.2) is 5.11 Å². The zero-order chi connectivity index (χ0) is 18.2. The Bertz CT molecular complexity index is 836. The van der Waals surface area contributed by atoms with Gasteiger partial charge in [-0.05, 0) is 59.7 Å². The zero-order valence-corrected chi connectivity index (χ0v) is 14.9. The van der Waals surface area contributed by atoms with Crippen molar-refractivity contribution < 1.29 is 9.13 Å². The van der Waals surface area contributed by atoms with Crippen LogP contribution in [0.3, 0.4) is 0 Å². The second kappa shape index (κ2) is 8.97. The van der Waals surface area contributed by atoms with Gasteiger partial charge in [0.25, 0.3) is 0 Å². The van der Waals surface area contributed by atoms with Gasteiger partial charge in [-0.2, -0.15) is 0 Å². The molecule has 0 aliphatic rings. The molecule has 0 atom stereocenters. The highest BCUT2D eigenvalue weighted by molar-refractivity contribution is 7.80. The first-order valence-electron chi connectivity index (χ1n) is 8.25. The third kappa shape index (κ3) is 5.57. The highest BCUT2D eigenvalue weighted by Gasteiger charge is 2.00. The molecule has 0 heterocycles. The number of ether oxygens (including phenoxy) is 1. The monoisotopic (exact) mass is 366 g/mol. The Balaban J connectivity index is 1.45. The van der Waals surface area contributed by atoms with Crippen molar-refractivity contribution in [2.45, 2.75) is 13.2 Å². The van der Waals surface area contributed by atoms with E-state index >= 15 is 0 Å². The number of anilines is 1. The summed E-state index contributed by atoms with van der Waals surface area (Å²) < 4.78 is 18.6. The van der Waals surface area contributed by atoms with Crippen LogP contribution in [0.25, 0.3) is 0 Å². The fourth-order valence-corrected chi connectivity index (χ4v) is 2.52. The average Bonchev–Trinajstić information content (AvgIpc) is 2.67. The summed E-state index contributed by atoms with van der Waals surface area (Å²) in [7, 11) is 0. The van der Waals surface area contributed by atoms with Crippen LogP contribution in [0, 0.1) is 5.82 Å². The molecule has 0 aliphatic heterocycles. The van der Waals surface area contributed by atoms with Crippen molar-refractivity contribution >= 4 is 23.0 Å². The van der Waals surface area contributed by atoms with Gasteiger partial charge in [0.05, 0.1) is 0 Å². The van der Waals surface area contributed by atoms with Crippen LogP contribution in [-0.2, 0) is 13.2 Å². The number of thiocarbonyl (C=S) groups is 1. The maximum absolute atomic E-state index is 12.9. The van der Waals surface area contributed by atoms with Gasteiger partial charge in [0, 0.05) is 12.2 Å². The summed E-state index contributed by atoms with van der Waals surface area (Å²) in [6, 6.07) is 23.9. The number of hydrogen-bond donors (Lipinski definition) is 2. The molecule has 0 fully saturated rings. The summed E-state index contributed by atoms with van der Waals surface area (Å²) in [6.07, 6.45) is 0. The second-order valence-electron chi connectivity index (χ2n) is 5.73. The van der Waals surface area contributed by atoms with Gasteiger partial charge in [-0.15, -0.1) is 0 Å². The van der Waals surface area contributed by atoms with Crippen molar-refractivity contribution in [3.05, 3.63) is 95.8 Å². The molecule has 3 aromatic carbocycles. The normalized spacial score (nSPS) is 10.2. The van der Waals surface area contributed by atoms with Gasteiger partial charge in [-0.1, -0.05) is 42.5 Å². The molecule has 0 saturated carbocycles. The van der Waals surface area contributed by atoms with E-state index < -0.39 is 0 Å². The molecule has 0 bridgehead atoms. The van der Waals surface area contributed by atoms with E-state index in [2.05, 4.69) is 10.6 Å². The Labute approximate surface area is 157 Å². The Hall–Kier alpha value is -2.92. The summed E-state index contributed by atoms with van der Waals surface area (Å²) in [4.78, 5) is 0. The molecule has 0 aliphatic carbocycles. The highest BCUT2D eigenvalue weighted by atomic mass is 32.1. The van der Waals surface area contributed by atoms with Gasteiger partial charge < -0.3 is 15.4 Å². The first kappa shape index (κ1) is 17.9. The molecule has 0 radical (unpaired) electrons. The van der Waals surface area contributed by atoms with Crippen LogP contribution in [0.15, 0.2) is 78.9 Å². The van der Waals surface area contributed by atoms with Crippen LogP contribution >= 0.6 is 12.2 Å². The van der Waals surface area contributed by atoms with Crippen LogP contribution in [0.1, 0.15) is 11.1 Å². The van der Waals surface area contributed by atoms with Gasteiger partial charge >= 0.3 is 0 Å². The Morgan fingerprint density at radius 2 is 1.50 bits per heavy atom. The second-order valence-corrected chi connectivity index (χ2v) is 6.14. The summed E-state index contributed by atoms with van der Waals surface area (Å²) in [5, 5.41) is 6.89. The van der Waals surface area contributed by atoms with E-state index in [0.29, 0.717) is 18.3 Å². The summed E-state index contributed by atoms with van der Waals surface area (Å²) in [5.41, 5.74) is 2.97. The number of para-hydroxylation sites is 1. The minimum atomic E-state index is -0.245. The van der Waals surface area contributed by atoms with Gasteiger partial charge in [-0.25, -0.2) is 4.39 Å². The topological polar surface area (TPSA) is 33.3 Å². The molecule has 26 heavy (non-hydrogen) atoms. The average molecular weight is 366 g/mol. The Morgan fingerprint density at radius 3 is 2.19 bits per heavy atom. The summed E-state index contributed by atoms with van der Waals surface area (Å²) in [5.74, 6) is 0.522. The maximum Gasteiger partial charge on any atom is 0.171 e. The third-order valence-electron chi connectivity index (χ3n) is 3.73. The van der Waals surface area contributed by atoms with Gasteiger partial charge in [0.1, 0.15) is 18.2 Å². The molecular formula is C21H19FN2OS. The molecule has 132 valence electrons. The van der Waals surface area contributed by atoms with E-state index in [4.69, 9.17) is 17.0 Å². The SMILES string of the molecule is Fc1ccc(COc2ccc(CNC(=S)Nc3ccccc3)cc2)cc1. The molecule has 3 rings (SSSR count). The summed E-state index contributed by atoms with van der Waals surface area (Å²) >= 11 is 5.29. The molecule has 0 unspecified atom stereocenters. The first-order chi connectivity index (χ1) is 12.7. The summed E-state index contributed by atoms with van der Waals surface area (Å²) in [6.45, 7) is 1.03. The van der Waals surface area contributed by atoms with Crippen LogP contribution in [0.4, 0.5) is 10.1 Å². The van der Waals surface area contributed by atoms with E-state index in [9.17, 15) is 4.39 Å². The molecular weight excluding hydrogens is 347 g/mol. The van der Waals surface area contributed by atoms with Gasteiger partial charge in [-0.3, -0.25) is 0 Å².